The van der Waals surface area contributed by atoms with E-state index in [1.807, 2.05) is 0 Å². The van der Waals surface area contributed by atoms with Crippen molar-refractivity contribution in [2.24, 2.45) is 5.10 Å². The number of carbonyl (C=O) groups excluding carboxylic acids is 2. The standard InChI is InChI=1S/C19H20N2O7/c1-24-14-5-7-15(8-6-14)27-12-18(22)21-20-11-13-4-9-16(17(10-13)25-2)28-19(23)26-3/h4-11H,12H2,1-3H3,(H,21,22)/b20-11-. The quantitative estimate of drug-likeness (QED) is 0.320. The summed E-state index contributed by atoms with van der Waals surface area (Å²) in [6, 6.07) is 11.6. The number of amides is 1. The van der Waals surface area contributed by atoms with Gasteiger partial charge in [0.15, 0.2) is 18.1 Å². The maximum Gasteiger partial charge on any atom is 0.513 e. The van der Waals surface area contributed by atoms with Crippen LogP contribution in [-0.4, -0.2) is 46.2 Å². The summed E-state index contributed by atoms with van der Waals surface area (Å²) < 4.78 is 24.9. The molecule has 0 aliphatic heterocycles. The predicted octanol–water partition coefficient (Wildman–Crippen LogP) is 2.38. The molecule has 2 rings (SSSR count). The third-order valence-electron chi connectivity index (χ3n) is 3.38. The first-order valence-electron chi connectivity index (χ1n) is 8.08. The Bertz CT molecular complexity index is 835. The normalized spacial score (nSPS) is 10.2. The van der Waals surface area contributed by atoms with Crippen LogP contribution >= 0.6 is 0 Å². The maximum absolute atomic E-state index is 11.8. The number of hydrogen-bond donors (Lipinski definition) is 1. The molecule has 2 aromatic carbocycles. The molecule has 0 aliphatic rings. The predicted molar refractivity (Wildman–Crippen MR) is 100 cm³/mol. The number of benzene rings is 2. The molecule has 1 amide bonds. The zero-order valence-corrected chi connectivity index (χ0v) is 15.6. The minimum atomic E-state index is -0.858. The Morgan fingerprint density at radius 1 is 0.964 bits per heavy atom. The van der Waals surface area contributed by atoms with Crippen LogP contribution in [0.1, 0.15) is 5.56 Å². The van der Waals surface area contributed by atoms with Crippen LogP contribution in [0.2, 0.25) is 0 Å². The highest BCUT2D eigenvalue weighted by atomic mass is 16.7. The lowest BCUT2D eigenvalue weighted by molar-refractivity contribution is -0.123. The summed E-state index contributed by atoms with van der Waals surface area (Å²) in [7, 11) is 4.20. The van der Waals surface area contributed by atoms with Crippen molar-refractivity contribution in [3.05, 3.63) is 48.0 Å². The summed E-state index contributed by atoms with van der Waals surface area (Å²) in [5.74, 6) is 1.31. The van der Waals surface area contributed by atoms with Crippen LogP contribution in [0.3, 0.4) is 0 Å². The van der Waals surface area contributed by atoms with Crippen LogP contribution in [0.5, 0.6) is 23.0 Å². The Morgan fingerprint density at radius 2 is 1.68 bits per heavy atom. The first kappa shape index (κ1) is 20.6. The number of hydrogen-bond acceptors (Lipinski definition) is 8. The molecule has 9 nitrogen and oxygen atoms in total. The van der Waals surface area contributed by atoms with Gasteiger partial charge in [-0.3, -0.25) is 4.79 Å². The highest BCUT2D eigenvalue weighted by molar-refractivity contribution is 5.84. The third kappa shape index (κ3) is 6.20. The van der Waals surface area contributed by atoms with Gasteiger partial charge in [0.2, 0.25) is 0 Å². The molecule has 1 N–H and O–H groups in total. The summed E-state index contributed by atoms with van der Waals surface area (Å²) in [6.45, 7) is -0.196. The van der Waals surface area contributed by atoms with Crippen molar-refractivity contribution in [3.63, 3.8) is 0 Å². The van der Waals surface area contributed by atoms with E-state index in [4.69, 9.17) is 18.9 Å². The molecule has 28 heavy (non-hydrogen) atoms. The summed E-state index contributed by atoms with van der Waals surface area (Å²) >= 11 is 0. The second-order valence-corrected chi connectivity index (χ2v) is 5.22. The molecule has 148 valence electrons. The highest BCUT2D eigenvalue weighted by Crippen LogP contribution is 2.27. The fourth-order valence-electron chi connectivity index (χ4n) is 2.01. The van der Waals surface area contributed by atoms with Gasteiger partial charge < -0.3 is 23.7 Å². The second kappa shape index (κ2) is 10.4. The van der Waals surface area contributed by atoms with Crippen molar-refractivity contribution in [2.75, 3.05) is 27.9 Å². The van der Waals surface area contributed by atoms with Crippen LogP contribution in [0, 0.1) is 0 Å². The number of nitrogens with one attached hydrogen (secondary N) is 1. The van der Waals surface area contributed by atoms with E-state index in [1.165, 1.54) is 26.5 Å². The van der Waals surface area contributed by atoms with Gasteiger partial charge in [0.25, 0.3) is 5.91 Å². The lowest BCUT2D eigenvalue weighted by Crippen LogP contribution is -2.24. The average molecular weight is 388 g/mol. The van der Waals surface area contributed by atoms with Gasteiger partial charge in [0.1, 0.15) is 11.5 Å². The van der Waals surface area contributed by atoms with E-state index in [1.54, 1.807) is 43.5 Å². The van der Waals surface area contributed by atoms with Crippen LogP contribution in [0.15, 0.2) is 47.6 Å². The summed E-state index contributed by atoms with van der Waals surface area (Å²) in [6.07, 6.45) is 0.555. The Morgan fingerprint density at radius 3 is 2.32 bits per heavy atom. The number of rotatable bonds is 8. The topological polar surface area (TPSA) is 105 Å². The Kier molecular flexibility index (Phi) is 7.64. The van der Waals surface area contributed by atoms with Crippen molar-refractivity contribution >= 4 is 18.3 Å². The number of nitrogens with zero attached hydrogens (tertiary/aromatic N) is 1. The lowest BCUT2D eigenvalue weighted by atomic mass is 10.2. The van der Waals surface area contributed by atoms with Crippen LogP contribution in [0.4, 0.5) is 4.79 Å². The second-order valence-electron chi connectivity index (χ2n) is 5.22. The molecule has 2 aromatic rings. The van der Waals surface area contributed by atoms with Crippen molar-refractivity contribution in [3.8, 4) is 23.0 Å². The molecule has 0 fully saturated rings. The Labute approximate surface area is 161 Å². The van der Waals surface area contributed by atoms with E-state index in [0.717, 1.165) is 0 Å². The van der Waals surface area contributed by atoms with Gasteiger partial charge in [-0.05, 0) is 48.0 Å². The molecule has 0 saturated heterocycles. The molecule has 0 atom stereocenters. The first-order chi connectivity index (χ1) is 13.5. The van der Waals surface area contributed by atoms with E-state index < -0.39 is 12.1 Å². The van der Waals surface area contributed by atoms with Crippen molar-refractivity contribution in [1.29, 1.82) is 0 Å². The van der Waals surface area contributed by atoms with Crippen molar-refractivity contribution in [2.45, 2.75) is 0 Å². The Balaban J connectivity index is 1.87. The monoisotopic (exact) mass is 388 g/mol. The number of hydrazone groups is 1. The molecule has 0 heterocycles. The van der Waals surface area contributed by atoms with Gasteiger partial charge in [-0.15, -0.1) is 0 Å². The molecule has 0 bridgehead atoms. The zero-order valence-electron chi connectivity index (χ0n) is 15.6. The number of methoxy groups -OCH3 is 3. The summed E-state index contributed by atoms with van der Waals surface area (Å²) in [5, 5.41) is 3.85. The average Bonchev–Trinajstić information content (AvgIpc) is 2.73. The minimum Gasteiger partial charge on any atom is -0.497 e. The van der Waals surface area contributed by atoms with E-state index in [0.29, 0.717) is 22.8 Å². The first-order valence-corrected chi connectivity index (χ1v) is 8.08. The number of ether oxygens (including phenoxy) is 5. The van der Waals surface area contributed by atoms with E-state index in [2.05, 4.69) is 15.3 Å². The van der Waals surface area contributed by atoms with E-state index >= 15 is 0 Å². The molecule has 0 saturated carbocycles. The molecular formula is C19H20N2O7. The molecule has 0 spiro atoms. The smallest absolute Gasteiger partial charge is 0.497 e. The van der Waals surface area contributed by atoms with Gasteiger partial charge in [-0.2, -0.15) is 5.10 Å². The SMILES string of the molecule is COC(=O)Oc1ccc(/C=N\NC(=O)COc2ccc(OC)cc2)cc1OC. The van der Waals surface area contributed by atoms with Gasteiger partial charge >= 0.3 is 6.16 Å². The van der Waals surface area contributed by atoms with Crippen molar-refractivity contribution in [1.82, 2.24) is 5.43 Å². The molecule has 0 unspecified atom stereocenters. The highest BCUT2D eigenvalue weighted by Gasteiger charge is 2.10. The van der Waals surface area contributed by atoms with Gasteiger partial charge in [0.05, 0.1) is 27.5 Å². The van der Waals surface area contributed by atoms with Crippen LogP contribution in [-0.2, 0) is 9.53 Å². The molecule has 0 aromatic heterocycles. The van der Waals surface area contributed by atoms with Gasteiger partial charge in [0, 0.05) is 0 Å². The zero-order chi connectivity index (χ0) is 20.4. The maximum atomic E-state index is 11.8. The largest absolute Gasteiger partial charge is 0.513 e. The summed E-state index contributed by atoms with van der Waals surface area (Å²) in [5.41, 5.74) is 2.97. The molecule has 0 aliphatic carbocycles. The summed E-state index contributed by atoms with van der Waals surface area (Å²) in [4.78, 5) is 23.0. The van der Waals surface area contributed by atoms with Gasteiger partial charge in [-0.25, -0.2) is 10.2 Å². The lowest BCUT2D eigenvalue weighted by Gasteiger charge is -2.08. The fraction of sp³-hybridized carbons (Fsp3) is 0.211. The van der Waals surface area contributed by atoms with Crippen LogP contribution < -0.4 is 24.4 Å². The van der Waals surface area contributed by atoms with Crippen molar-refractivity contribution < 1.29 is 33.3 Å². The number of carbonyl (C=O) groups is 2. The Hall–Kier alpha value is -3.75. The molecule has 9 heteroatoms. The molecular weight excluding hydrogens is 368 g/mol. The molecule has 0 radical (unpaired) electrons. The fourth-order valence-corrected chi connectivity index (χ4v) is 2.01. The van der Waals surface area contributed by atoms with Crippen LogP contribution in [0.25, 0.3) is 0 Å². The third-order valence-corrected chi connectivity index (χ3v) is 3.38. The van der Waals surface area contributed by atoms with E-state index in [-0.39, 0.29) is 12.4 Å². The minimum absolute atomic E-state index is 0.196. The van der Waals surface area contributed by atoms with E-state index in [9.17, 15) is 9.59 Å². The van der Waals surface area contributed by atoms with Gasteiger partial charge in [-0.1, -0.05) is 0 Å².